The van der Waals surface area contributed by atoms with E-state index < -0.39 is 5.97 Å². The van der Waals surface area contributed by atoms with Crippen LogP contribution >= 0.6 is 0 Å². The Morgan fingerprint density at radius 2 is 1.78 bits per heavy atom. The van der Waals surface area contributed by atoms with E-state index in [1.165, 1.54) is 30.3 Å². The van der Waals surface area contributed by atoms with Crippen molar-refractivity contribution in [3.63, 3.8) is 0 Å². The molecule has 32 heavy (non-hydrogen) atoms. The first-order valence-corrected chi connectivity index (χ1v) is 10.9. The maximum absolute atomic E-state index is 13.6. The standard InChI is InChI=1S/C26H26F2N2O2/c1-3-32-24(31)15-17(2)30-26(19-9-13-22(28)14-10-19)23-6-4-5-20(25(23)29-30)16-18-7-11-21(27)12-8-18/h7-16,23,26H,3-6H2,1-2H3/b17-15+,20-16-. The van der Waals surface area contributed by atoms with Crippen molar-refractivity contribution < 1.29 is 18.3 Å². The van der Waals surface area contributed by atoms with Gasteiger partial charge in [-0.15, -0.1) is 0 Å². The van der Waals surface area contributed by atoms with Crippen LogP contribution in [0.3, 0.4) is 0 Å². The Morgan fingerprint density at radius 3 is 2.44 bits per heavy atom. The minimum atomic E-state index is -0.417. The zero-order valence-corrected chi connectivity index (χ0v) is 18.2. The number of nitrogens with zero attached hydrogens (tertiary/aromatic N) is 2. The third-order valence-corrected chi connectivity index (χ3v) is 5.90. The van der Waals surface area contributed by atoms with E-state index in [0.29, 0.717) is 12.3 Å². The lowest BCUT2D eigenvalue weighted by Crippen LogP contribution is -2.27. The van der Waals surface area contributed by atoms with Crippen molar-refractivity contribution in [1.82, 2.24) is 5.01 Å². The summed E-state index contributed by atoms with van der Waals surface area (Å²) in [6.45, 7) is 3.89. The molecule has 2 aliphatic rings. The normalized spacial score (nSPS) is 22.0. The third kappa shape index (κ3) is 4.64. The molecule has 1 heterocycles. The Balaban J connectivity index is 1.74. The number of carbonyl (C=O) groups excluding carboxylic acids is 1. The number of benzene rings is 2. The number of hydrogen-bond acceptors (Lipinski definition) is 4. The molecule has 1 aliphatic heterocycles. The van der Waals surface area contributed by atoms with Gasteiger partial charge in [-0.1, -0.05) is 24.3 Å². The van der Waals surface area contributed by atoms with E-state index in [1.807, 2.05) is 11.9 Å². The van der Waals surface area contributed by atoms with Crippen molar-refractivity contribution in [3.05, 3.63) is 88.6 Å². The molecule has 0 spiro atoms. The van der Waals surface area contributed by atoms with Crippen LogP contribution < -0.4 is 0 Å². The van der Waals surface area contributed by atoms with Gasteiger partial charge in [0, 0.05) is 17.7 Å². The second kappa shape index (κ2) is 9.47. The van der Waals surface area contributed by atoms with E-state index in [-0.39, 0.29) is 23.6 Å². The number of carbonyl (C=O) groups is 1. The van der Waals surface area contributed by atoms with Gasteiger partial charge in [0.1, 0.15) is 11.6 Å². The predicted molar refractivity (Wildman–Crippen MR) is 121 cm³/mol. The fraction of sp³-hybridized carbons (Fsp3) is 0.308. The van der Waals surface area contributed by atoms with Crippen LogP contribution in [-0.4, -0.2) is 23.3 Å². The topological polar surface area (TPSA) is 41.9 Å². The Bertz CT molecular complexity index is 1070. The summed E-state index contributed by atoms with van der Waals surface area (Å²) in [5.41, 5.74) is 4.59. The van der Waals surface area contributed by atoms with Crippen LogP contribution in [0, 0.1) is 17.6 Å². The number of hydrogen-bond donors (Lipinski definition) is 0. The van der Waals surface area contributed by atoms with Gasteiger partial charge in [-0.2, -0.15) is 5.10 Å². The van der Waals surface area contributed by atoms with E-state index in [4.69, 9.17) is 9.84 Å². The number of hydrazone groups is 1. The highest BCUT2D eigenvalue weighted by Crippen LogP contribution is 2.45. The van der Waals surface area contributed by atoms with Gasteiger partial charge in [0.05, 0.1) is 18.4 Å². The molecule has 2 aromatic rings. The van der Waals surface area contributed by atoms with Crippen LogP contribution in [0.1, 0.15) is 50.3 Å². The van der Waals surface area contributed by atoms with Crippen molar-refractivity contribution in [2.24, 2.45) is 11.0 Å². The molecular formula is C26H26F2N2O2. The molecule has 0 bridgehead atoms. The molecule has 0 amide bonds. The summed E-state index contributed by atoms with van der Waals surface area (Å²) >= 11 is 0. The average Bonchev–Trinajstić information content (AvgIpc) is 3.17. The zero-order chi connectivity index (χ0) is 22.7. The molecule has 4 nitrogen and oxygen atoms in total. The smallest absolute Gasteiger partial charge is 0.332 e. The van der Waals surface area contributed by atoms with Crippen LogP contribution in [0.5, 0.6) is 0 Å². The van der Waals surface area contributed by atoms with Crippen LogP contribution in [0.2, 0.25) is 0 Å². The highest BCUT2D eigenvalue weighted by atomic mass is 19.1. The Hall–Kier alpha value is -3.28. The van der Waals surface area contributed by atoms with Gasteiger partial charge in [-0.25, -0.2) is 13.6 Å². The van der Waals surface area contributed by atoms with Gasteiger partial charge in [0.25, 0.3) is 0 Å². The molecule has 1 saturated carbocycles. The second-order valence-corrected chi connectivity index (χ2v) is 8.08. The van der Waals surface area contributed by atoms with Gasteiger partial charge in [0.2, 0.25) is 0 Å². The highest BCUT2D eigenvalue weighted by molar-refractivity contribution is 6.07. The number of allylic oxidation sites excluding steroid dienone is 2. The number of esters is 1. The summed E-state index contributed by atoms with van der Waals surface area (Å²) in [6.07, 6.45) is 6.30. The van der Waals surface area contributed by atoms with Gasteiger partial charge >= 0.3 is 5.97 Å². The quantitative estimate of drug-likeness (QED) is 0.425. The molecule has 0 saturated heterocycles. The fourth-order valence-corrected chi connectivity index (χ4v) is 4.47. The van der Waals surface area contributed by atoms with Gasteiger partial charge in [0.15, 0.2) is 0 Å². The lowest BCUT2D eigenvalue weighted by molar-refractivity contribution is -0.137. The maximum Gasteiger partial charge on any atom is 0.332 e. The number of rotatable bonds is 5. The monoisotopic (exact) mass is 436 g/mol. The molecule has 0 aromatic heterocycles. The van der Waals surface area contributed by atoms with Crippen molar-refractivity contribution in [2.75, 3.05) is 6.61 Å². The molecule has 2 unspecified atom stereocenters. The lowest BCUT2D eigenvalue weighted by atomic mass is 9.77. The van der Waals surface area contributed by atoms with Crippen molar-refractivity contribution in [2.45, 2.75) is 39.2 Å². The van der Waals surface area contributed by atoms with Gasteiger partial charge < -0.3 is 4.74 Å². The first-order valence-electron chi connectivity index (χ1n) is 10.9. The molecule has 4 rings (SSSR count). The van der Waals surface area contributed by atoms with Crippen molar-refractivity contribution in [1.29, 1.82) is 0 Å². The molecule has 0 N–H and O–H groups in total. The van der Waals surface area contributed by atoms with E-state index in [2.05, 4.69) is 6.08 Å². The molecular weight excluding hydrogens is 410 g/mol. The SMILES string of the molecule is CCOC(=O)/C=C(\C)N1N=C2/C(=C\c3ccc(F)cc3)CCCC2C1c1ccc(F)cc1. The summed E-state index contributed by atoms with van der Waals surface area (Å²) in [4.78, 5) is 12.1. The first-order chi connectivity index (χ1) is 15.5. The minimum absolute atomic E-state index is 0.103. The second-order valence-electron chi connectivity index (χ2n) is 8.08. The van der Waals surface area contributed by atoms with Crippen LogP contribution in [0.25, 0.3) is 6.08 Å². The average molecular weight is 437 g/mol. The molecule has 166 valence electrons. The Kier molecular flexibility index (Phi) is 6.49. The van der Waals surface area contributed by atoms with E-state index in [9.17, 15) is 13.6 Å². The first kappa shape index (κ1) is 21.9. The van der Waals surface area contributed by atoms with Crippen LogP contribution in [0.15, 0.2) is 71.0 Å². The van der Waals surface area contributed by atoms with E-state index >= 15 is 0 Å². The predicted octanol–water partition coefficient (Wildman–Crippen LogP) is 6.03. The third-order valence-electron chi connectivity index (χ3n) is 5.90. The number of halogens is 2. The van der Waals surface area contributed by atoms with E-state index in [0.717, 1.165) is 41.7 Å². The van der Waals surface area contributed by atoms with Crippen LogP contribution in [0.4, 0.5) is 8.78 Å². The van der Waals surface area contributed by atoms with Crippen LogP contribution in [-0.2, 0) is 9.53 Å². The summed E-state index contributed by atoms with van der Waals surface area (Å²) in [5, 5.41) is 6.79. The molecule has 1 fully saturated rings. The largest absolute Gasteiger partial charge is 0.463 e. The molecule has 1 aliphatic carbocycles. The van der Waals surface area contributed by atoms with E-state index in [1.54, 1.807) is 31.2 Å². The Morgan fingerprint density at radius 1 is 1.12 bits per heavy atom. The van der Waals surface area contributed by atoms with Gasteiger partial charge in [-0.3, -0.25) is 5.01 Å². The summed E-state index contributed by atoms with van der Waals surface area (Å²) < 4.78 is 32.0. The molecule has 6 heteroatoms. The van der Waals surface area contributed by atoms with Gasteiger partial charge in [-0.05, 0) is 80.2 Å². The summed E-state index contributed by atoms with van der Waals surface area (Å²) in [6, 6.07) is 12.7. The lowest BCUT2D eigenvalue weighted by Gasteiger charge is -2.31. The maximum atomic E-state index is 13.6. The number of fused-ring (bicyclic) bond motifs is 1. The van der Waals surface area contributed by atoms with Crippen molar-refractivity contribution in [3.8, 4) is 0 Å². The molecule has 2 aromatic carbocycles. The molecule has 0 radical (unpaired) electrons. The Labute approximate surface area is 186 Å². The highest BCUT2D eigenvalue weighted by Gasteiger charge is 2.41. The minimum Gasteiger partial charge on any atom is -0.463 e. The number of ether oxygens (including phenoxy) is 1. The van der Waals surface area contributed by atoms with Crippen molar-refractivity contribution >= 4 is 17.8 Å². The summed E-state index contributed by atoms with van der Waals surface area (Å²) in [5.74, 6) is -0.876. The fourth-order valence-electron chi connectivity index (χ4n) is 4.47. The molecule has 2 atom stereocenters. The zero-order valence-electron chi connectivity index (χ0n) is 18.2. The summed E-state index contributed by atoms with van der Waals surface area (Å²) in [7, 11) is 0.